The van der Waals surface area contributed by atoms with Crippen molar-refractivity contribution < 1.29 is 0 Å². The average molecular weight is 286 g/mol. The molecule has 2 heterocycles. The van der Waals surface area contributed by atoms with Gasteiger partial charge in [0, 0.05) is 18.0 Å². The highest BCUT2D eigenvalue weighted by atomic mass is 32.2. The molecule has 3 rings (SSSR count). The van der Waals surface area contributed by atoms with Gasteiger partial charge in [0.25, 0.3) is 0 Å². The molecule has 4 nitrogen and oxygen atoms in total. The highest BCUT2D eigenvalue weighted by Crippen LogP contribution is 2.34. The standard InChI is InChI=1S/C15H18N4S/c16-13-14(19-9-5-2-6-10-19)17-11-18-15(13)20-12-7-3-1-4-8-12/h1,3-4,7-8,11H,2,5-6,9-10,16H2. The lowest BCUT2D eigenvalue weighted by Crippen LogP contribution is -2.31. The maximum Gasteiger partial charge on any atom is 0.156 e. The van der Waals surface area contributed by atoms with E-state index >= 15 is 0 Å². The third-order valence-corrected chi connectivity index (χ3v) is 4.47. The van der Waals surface area contributed by atoms with Crippen LogP contribution in [0.4, 0.5) is 11.5 Å². The molecule has 0 radical (unpaired) electrons. The van der Waals surface area contributed by atoms with Crippen LogP contribution in [-0.2, 0) is 0 Å². The van der Waals surface area contributed by atoms with Gasteiger partial charge in [-0.2, -0.15) is 0 Å². The summed E-state index contributed by atoms with van der Waals surface area (Å²) in [6.45, 7) is 2.08. The number of rotatable bonds is 3. The smallest absolute Gasteiger partial charge is 0.156 e. The van der Waals surface area contributed by atoms with Gasteiger partial charge in [0.1, 0.15) is 17.0 Å². The Morgan fingerprint density at radius 3 is 2.50 bits per heavy atom. The van der Waals surface area contributed by atoms with Crippen LogP contribution in [0.5, 0.6) is 0 Å². The van der Waals surface area contributed by atoms with Crippen molar-refractivity contribution in [2.75, 3.05) is 23.7 Å². The summed E-state index contributed by atoms with van der Waals surface area (Å²) in [6, 6.07) is 10.2. The van der Waals surface area contributed by atoms with E-state index in [-0.39, 0.29) is 0 Å². The predicted octanol–water partition coefficient (Wildman–Crippen LogP) is 3.20. The Morgan fingerprint density at radius 2 is 1.75 bits per heavy atom. The maximum atomic E-state index is 6.27. The SMILES string of the molecule is Nc1c(Sc2ccccc2)ncnc1N1CCCCC1. The number of nitrogens with two attached hydrogens (primary N) is 1. The van der Waals surface area contributed by atoms with Crippen LogP contribution in [0.2, 0.25) is 0 Å². The third-order valence-electron chi connectivity index (χ3n) is 3.44. The number of nitrogens with zero attached hydrogens (tertiary/aromatic N) is 3. The second-order valence-corrected chi connectivity index (χ2v) is 5.94. The molecule has 0 atom stereocenters. The third kappa shape index (κ3) is 2.88. The zero-order valence-electron chi connectivity index (χ0n) is 11.3. The van der Waals surface area contributed by atoms with Gasteiger partial charge in [0.2, 0.25) is 0 Å². The molecule has 1 saturated heterocycles. The molecule has 1 aliphatic heterocycles. The Hall–Kier alpha value is -1.75. The monoisotopic (exact) mass is 286 g/mol. The first kappa shape index (κ1) is 13.2. The van der Waals surface area contributed by atoms with Gasteiger partial charge in [-0.3, -0.25) is 0 Å². The van der Waals surface area contributed by atoms with Crippen molar-refractivity contribution in [3.63, 3.8) is 0 Å². The highest BCUT2D eigenvalue weighted by molar-refractivity contribution is 7.99. The molecular formula is C15H18N4S. The zero-order chi connectivity index (χ0) is 13.8. The fourth-order valence-corrected chi connectivity index (χ4v) is 3.23. The van der Waals surface area contributed by atoms with Gasteiger partial charge in [-0.25, -0.2) is 9.97 Å². The lowest BCUT2D eigenvalue weighted by molar-refractivity contribution is 0.573. The predicted molar refractivity (Wildman–Crippen MR) is 83.1 cm³/mol. The van der Waals surface area contributed by atoms with E-state index < -0.39 is 0 Å². The molecule has 0 amide bonds. The van der Waals surface area contributed by atoms with E-state index in [9.17, 15) is 0 Å². The van der Waals surface area contributed by atoms with E-state index in [1.165, 1.54) is 19.3 Å². The number of aromatic nitrogens is 2. The van der Waals surface area contributed by atoms with Crippen molar-refractivity contribution >= 4 is 23.3 Å². The Balaban J connectivity index is 1.85. The molecule has 1 fully saturated rings. The first-order chi connectivity index (χ1) is 9.84. The molecule has 1 aromatic heterocycles. The summed E-state index contributed by atoms with van der Waals surface area (Å²) in [6.07, 6.45) is 5.34. The minimum Gasteiger partial charge on any atom is -0.394 e. The quantitative estimate of drug-likeness (QED) is 0.878. The molecule has 0 bridgehead atoms. The molecule has 0 spiro atoms. The number of benzene rings is 1. The molecule has 0 saturated carbocycles. The molecule has 2 N–H and O–H groups in total. The van der Waals surface area contributed by atoms with Crippen LogP contribution >= 0.6 is 11.8 Å². The summed E-state index contributed by atoms with van der Waals surface area (Å²) in [5, 5.41) is 0.840. The second-order valence-electron chi connectivity index (χ2n) is 4.88. The Kier molecular flexibility index (Phi) is 4.06. The number of hydrogen-bond acceptors (Lipinski definition) is 5. The molecule has 1 aliphatic rings. The molecule has 0 aliphatic carbocycles. The first-order valence-corrected chi connectivity index (χ1v) is 7.74. The van der Waals surface area contributed by atoms with Crippen molar-refractivity contribution in [2.24, 2.45) is 0 Å². The van der Waals surface area contributed by atoms with Crippen molar-refractivity contribution in [3.8, 4) is 0 Å². The van der Waals surface area contributed by atoms with E-state index in [0.717, 1.165) is 28.8 Å². The van der Waals surface area contributed by atoms with E-state index in [4.69, 9.17) is 5.73 Å². The Morgan fingerprint density at radius 1 is 1.00 bits per heavy atom. The van der Waals surface area contributed by atoms with Crippen LogP contribution in [0.1, 0.15) is 19.3 Å². The van der Waals surface area contributed by atoms with E-state index in [2.05, 4.69) is 27.0 Å². The van der Waals surface area contributed by atoms with Crippen LogP contribution in [0.3, 0.4) is 0 Å². The lowest BCUT2D eigenvalue weighted by atomic mass is 10.1. The van der Waals surface area contributed by atoms with Gasteiger partial charge in [-0.05, 0) is 31.4 Å². The highest BCUT2D eigenvalue weighted by Gasteiger charge is 2.17. The van der Waals surface area contributed by atoms with Crippen molar-refractivity contribution in [1.29, 1.82) is 0 Å². The fraction of sp³-hybridized carbons (Fsp3) is 0.333. The molecule has 0 unspecified atom stereocenters. The molecule has 5 heteroatoms. The maximum absolute atomic E-state index is 6.27. The Labute approximate surface area is 123 Å². The summed E-state index contributed by atoms with van der Waals surface area (Å²) >= 11 is 1.59. The molecule has 1 aromatic carbocycles. The van der Waals surface area contributed by atoms with Crippen LogP contribution in [0, 0.1) is 0 Å². The second kappa shape index (κ2) is 6.13. The topological polar surface area (TPSA) is 55.0 Å². The lowest BCUT2D eigenvalue weighted by Gasteiger charge is -2.28. The molecule has 104 valence electrons. The zero-order valence-corrected chi connectivity index (χ0v) is 12.1. The van der Waals surface area contributed by atoms with Crippen molar-refractivity contribution in [1.82, 2.24) is 9.97 Å². The number of piperidine rings is 1. The minimum absolute atomic E-state index is 0.697. The van der Waals surface area contributed by atoms with Crippen molar-refractivity contribution in [2.45, 2.75) is 29.2 Å². The van der Waals surface area contributed by atoms with Crippen molar-refractivity contribution in [3.05, 3.63) is 36.7 Å². The van der Waals surface area contributed by atoms with Crippen LogP contribution < -0.4 is 10.6 Å². The fourth-order valence-electron chi connectivity index (χ4n) is 2.41. The number of anilines is 2. The summed E-state index contributed by atoms with van der Waals surface area (Å²) in [4.78, 5) is 12.1. The van der Waals surface area contributed by atoms with Gasteiger partial charge in [-0.15, -0.1) is 0 Å². The molecule has 20 heavy (non-hydrogen) atoms. The Bertz CT molecular complexity index is 567. The summed E-state index contributed by atoms with van der Waals surface area (Å²) < 4.78 is 0. The minimum atomic E-state index is 0.697. The van der Waals surface area contributed by atoms with Gasteiger partial charge in [-0.1, -0.05) is 30.0 Å². The van der Waals surface area contributed by atoms with E-state index in [1.807, 2.05) is 18.2 Å². The van der Waals surface area contributed by atoms with Crippen LogP contribution in [-0.4, -0.2) is 23.1 Å². The summed E-state index contributed by atoms with van der Waals surface area (Å²) in [5.74, 6) is 0.887. The number of hydrogen-bond donors (Lipinski definition) is 1. The van der Waals surface area contributed by atoms with Crippen LogP contribution in [0.15, 0.2) is 46.6 Å². The normalized spacial score (nSPS) is 15.3. The summed E-state index contributed by atoms with van der Waals surface area (Å²) in [5.41, 5.74) is 6.97. The van der Waals surface area contributed by atoms with Gasteiger partial charge >= 0.3 is 0 Å². The number of nitrogen functional groups attached to an aromatic ring is 1. The molecule has 2 aromatic rings. The van der Waals surface area contributed by atoms with Gasteiger partial charge in [0.15, 0.2) is 5.82 Å². The largest absolute Gasteiger partial charge is 0.394 e. The average Bonchev–Trinajstić information content (AvgIpc) is 2.51. The first-order valence-electron chi connectivity index (χ1n) is 6.93. The van der Waals surface area contributed by atoms with E-state index in [1.54, 1.807) is 18.1 Å². The molecular weight excluding hydrogens is 268 g/mol. The summed E-state index contributed by atoms with van der Waals surface area (Å²) in [7, 11) is 0. The van der Waals surface area contributed by atoms with Crippen LogP contribution in [0.25, 0.3) is 0 Å². The van der Waals surface area contributed by atoms with E-state index in [0.29, 0.717) is 5.69 Å². The van der Waals surface area contributed by atoms with Gasteiger partial charge in [0.05, 0.1) is 0 Å². The van der Waals surface area contributed by atoms with Gasteiger partial charge < -0.3 is 10.6 Å².